The fraction of sp³-hybridized carbons (Fsp3) is 0.600. The second-order valence-corrected chi connectivity index (χ2v) is 10.5. The van der Waals surface area contributed by atoms with Gasteiger partial charge in [-0.15, -0.1) is 0 Å². The van der Waals surface area contributed by atoms with E-state index in [-0.39, 0.29) is 11.5 Å². The zero-order chi connectivity index (χ0) is 20.4. The first-order chi connectivity index (χ1) is 12.6. The van der Waals surface area contributed by atoms with Crippen LogP contribution in [0.15, 0.2) is 24.3 Å². The third-order valence-electron chi connectivity index (χ3n) is 5.16. The number of alkyl halides is 2. The summed E-state index contributed by atoms with van der Waals surface area (Å²) in [7, 11) is 1.51. The number of carbonyl (C=O) groups is 1. The van der Waals surface area contributed by atoms with Crippen LogP contribution in [0.1, 0.15) is 43.2 Å². The highest BCUT2D eigenvalue weighted by Gasteiger charge is 2.43. The molecule has 150 valence electrons. The van der Waals surface area contributed by atoms with E-state index in [4.69, 9.17) is 0 Å². The Labute approximate surface area is 188 Å². The van der Waals surface area contributed by atoms with Gasteiger partial charge in [-0.3, -0.25) is 4.79 Å². The Hall–Kier alpha value is -0.450. The maximum atomic E-state index is 14.4. The van der Waals surface area contributed by atoms with Crippen LogP contribution >= 0.6 is 45.2 Å². The summed E-state index contributed by atoms with van der Waals surface area (Å²) in [6, 6.07) is 0. The number of carbonyl (C=O) groups excluding carboxylic acids is 1. The lowest BCUT2D eigenvalue weighted by Gasteiger charge is -2.44. The van der Waals surface area contributed by atoms with Crippen molar-refractivity contribution in [2.45, 2.75) is 43.6 Å². The quantitative estimate of drug-likeness (QED) is 0.355. The molecule has 2 rings (SSSR count). The second-order valence-electron chi connectivity index (χ2n) is 7.74. The van der Waals surface area contributed by atoms with Gasteiger partial charge in [-0.2, -0.15) is 9.49 Å². The van der Waals surface area contributed by atoms with Crippen molar-refractivity contribution in [2.24, 2.45) is 24.8 Å². The van der Waals surface area contributed by atoms with E-state index in [1.807, 2.05) is 6.08 Å². The summed E-state index contributed by atoms with van der Waals surface area (Å²) in [5.74, 6) is 0.122. The third-order valence-corrected chi connectivity index (χ3v) is 7.35. The van der Waals surface area contributed by atoms with Crippen LogP contribution in [-0.2, 0) is 7.05 Å². The molecule has 3 unspecified atom stereocenters. The van der Waals surface area contributed by atoms with Gasteiger partial charge in [0, 0.05) is 21.3 Å². The second kappa shape index (κ2) is 9.37. The molecule has 1 aromatic rings. The van der Waals surface area contributed by atoms with E-state index in [0.717, 1.165) is 11.1 Å². The van der Waals surface area contributed by atoms with Gasteiger partial charge < -0.3 is 5.32 Å². The molecule has 1 amide bonds. The Balaban J connectivity index is 2.40. The average Bonchev–Trinajstić information content (AvgIpc) is 2.85. The van der Waals surface area contributed by atoms with Crippen LogP contribution in [0.25, 0.3) is 0 Å². The predicted molar refractivity (Wildman–Crippen MR) is 125 cm³/mol. The van der Waals surface area contributed by atoms with Gasteiger partial charge in [-0.25, -0.2) is 4.68 Å². The van der Waals surface area contributed by atoms with E-state index >= 15 is 0 Å². The summed E-state index contributed by atoms with van der Waals surface area (Å²) in [6.45, 7) is 8.35. The standard InChI is InChI=1S/C20H28FI2N3O/c1-12(2)10-15(13(3)23)16-8-6-7-9-20(16,11-22)24-19(27)17-14(4)25-26(5)18(17)21/h6-9,12-13,15-16H,10-11H2,1-5H3,(H,24,27)/t13-,15?,16?,20?/m0/s1. The molecule has 27 heavy (non-hydrogen) atoms. The van der Waals surface area contributed by atoms with Crippen molar-refractivity contribution in [1.82, 2.24) is 15.1 Å². The number of halogens is 3. The maximum absolute atomic E-state index is 14.4. The number of aryl methyl sites for hydroxylation is 2. The van der Waals surface area contributed by atoms with Gasteiger partial charge in [0.1, 0.15) is 5.56 Å². The Morgan fingerprint density at radius 1 is 1.41 bits per heavy atom. The molecular formula is C20H28FI2N3O. The summed E-state index contributed by atoms with van der Waals surface area (Å²) >= 11 is 4.81. The molecule has 0 aliphatic heterocycles. The van der Waals surface area contributed by atoms with Crippen LogP contribution in [0, 0.1) is 30.6 Å². The van der Waals surface area contributed by atoms with Crippen molar-refractivity contribution in [3.63, 3.8) is 0 Å². The molecule has 1 aliphatic carbocycles. The maximum Gasteiger partial charge on any atom is 0.258 e. The van der Waals surface area contributed by atoms with Crippen molar-refractivity contribution >= 4 is 51.1 Å². The number of amides is 1. The molecule has 1 aliphatic rings. The Morgan fingerprint density at radius 2 is 2.07 bits per heavy atom. The largest absolute Gasteiger partial charge is 0.342 e. The minimum Gasteiger partial charge on any atom is -0.342 e. The van der Waals surface area contributed by atoms with Gasteiger partial charge in [-0.1, -0.05) is 90.3 Å². The van der Waals surface area contributed by atoms with Crippen molar-refractivity contribution in [3.8, 4) is 0 Å². The zero-order valence-corrected chi connectivity index (χ0v) is 20.8. The van der Waals surface area contributed by atoms with E-state index < -0.39 is 17.4 Å². The molecule has 0 aromatic carbocycles. The zero-order valence-electron chi connectivity index (χ0n) is 16.5. The predicted octanol–water partition coefficient (Wildman–Crippen LogP) is 5.00. The fourth-order valence-electron chi connectivity index (χ4n) is 3.84. The van der Waals surface area contributed by atoms with Gasteiger partial charge in [0.15, 0.2) is 0 Å². The summed E-state index contributed by atoms with van der Waals surface area (Å²) in [4.78, 5) is 13.0. The van der Waals surface area contributed by atoms with Crippen LogP contribution in [-0.4, -0.2) is 29.6 Å². The smallest absolute Gasteiger partial charge is 0.258 e. The lowest BCUT2D eigenvalue weighted by atomic mass is 9.70. The minimum absolute atomic E-state index is 0.0337. The number of nitrogens with one attached hydrogen (secondary N) is 1. The first kappa shape index (κ1) is 22.8. The molecule has 0 bridgehead atoms. The number of hydrogen-bond donors (Lipinski definition) is 1. The number of aromatic nitrogens is 2. The van der Waals surface area contributed by atoms with Crippen molar-refractivity contribution in [3.05, 3.63) is 41.5 Å². The average molecular weight is 599 g/mol. The van der Waals surface area contributed by atoms with Crippen molar-refractivity contribution in [2.75, 3.05) is 4.43 Å². The molecule has 4 atom stereocenters. The number of nitrogens with zero attached hydrogens (tertiary/aromatic N) is 2. The van der Waals surface area contributed by atoms with Gasteiger partial charge in [-0.05, 0) is 25.2 Å². The summed E-state index contributed by atoms with van der Waals surface area (Å²) in [6.07, 6.45) is 9.38. The molecule has 1 N–H and O–H groups in total. The lowest BCUT2D eigenvalue weighted by Crippen LogP contribution is -2.57. The molecule has 0 radical (unpaired) electrons. The third kappa shape index (κ3) is 4.94. The molecular weight excluding hydrogens is 571 g/mol. The van der Waals surface area contributed by atoms with E-state index in [1.54, 1.807) is 6.92 Å². The van der Waals surface area contributed by atoms with Crippen LogP contribution < -0.4 is 5.32 Å². The summed E-state index contributed by atoms with van der Waals surface area (Å²) in [5.41, 5.74) is -0.101. The number of rotatable bonds is 7. The molecule has 1 heterocycles. The normalized spacial score (nSPS) is 24.3. The first-order valence-corrected chi connectivity index (χ1v) is 12.0. The van der Waals surface area contributed by atoms with Gasteiger partial charge in [0.25, 0.3) is 5.91 Å². The van der Waals surface area contributed by atoms with Crippen molar-refractivity contribution in [1.29, 1.82) is 0 Å². The SMILES string of the molecule is Cc1nn(C)c(F)c1C(=O)NC1(CI)C=CC=CC1C(CC(C)C)[C@H](C)I. The molecule has 7 heteroatoms. The van der Waals surface area contributed by atoms with E-state index in [2.05, 4.69) is 94.6 Å². The van der Waals surface area contributed by atoms with Crippen LogP contribution in [0.4, 0.5) is 4.39 Å². The minimum atomic E-state index is -0.596. The molecule has 0 saturated carbocycles. The first-order valence-electron chi connectivity index (χ1n) is 9.20. The number of hydrogen-bond acceptors (Lipinski definition) is 2. The summed E-state index contributed by atoms with van der Waals surface area (Å²) < 4.78 is 16.7. The van der Waals surface area contributed by atoms with Gasteiger partial charge in [0.05, 0.1) is 11.2 Å². The van der Waals surface area contributed by atoms with Crippen molar-refractivity contribution < 1.29 is 9.18 Å². The summed E-state index contributed by atoms with van der Waals surface area (Å²) in [5, 5.41) is 7.21. The highest BCUT2D eigenvalue weighted by Crippen LogP contribution is 2.40. The van der Waals surface area contributed by atoms with E-state index in [1.165, 1.54) is 7.05 Å². The molecule has 0 saturated heterocycles. The lowest BCUT2D eigenvalue weighted by molar-refractivity contribution is 0.0886. The van der Waals surface area contributed by atoms with Crippen LogP contribution in [0.3, 0.4) is 0 Å². The Bertz CT molecular complexity index is 742. The molecule has 0 fully saturated rings. The fourth-order valence-corrected chi connectivity index (χ4v) is 5.53. The molecule has 0 spiro atoms. The topological polar surface area (TPSA) is 46.9 Å². The Kier molecular flexibility index (Phi) is 7.92. The van der Waals surface area contributed by atoms with Crippen LogP contribution in [0.5, 0.6) is 0 Å². The van der Waals surface area contributed by atoms with Crippen LogP contribution in [0.2, 0.25) is 0 Å². The highest BCUT2D eigenvalue weighted by molar-refractivity contribution is 14.1. The van der Waals surface area contributed by atoms with E-state index in [9.17, 15) is 9.18 Å². The molecule has 4 nitrogen and oxygen atoms in total. The Morgan fingerprint density at radius 3 is 2.56 bits per heavy atom. The van der Waals surface area contributed by atoms with E-state index in [0.29, 0.717) is 25.9 Å². The van der Waals surface area contributed by atoms with Gasteiger partial charge in [0.2, 0.25) is 5.95 Å². The number of allylic oxidation sites excluding steroid dienone is 2. The molecule has 1 aromatic heterocycles. The monoisotopic (exact) mass is 599 g/mol. The van der Waals surface area contributed by atoms with Gasteiger partial charge >= 0.3 is 0 Å². The highest BCUT2D eigenvalue weighted by atomic mass is 127.